The monoisotopic (exact) mass is 504 g/mol. The number of rotatable bonds is 7. The second kappa shape index (κ2) is 11.0. The van der Waals surface area contributed by atoms with Crippen LogP contribution in [-0.4, -0.2) is 33.4 Å². The second-order valence-corrected chi connectivity index (χ2v) is 9.24. The highest BCUT2D eigenvalue weighted by Gasteiger charge is 2.21. The first-order valence-corrected chi connectivity index (χ1v) is 12.1. The molecule has 4 aromatic rings. The average molecular weight is 505 g/mol. The number of esters is 1. The van der Waals surface area contributed by atoms with E-state index in [4.69, 9.17) is 17.0 Å². The highest BCUT2D eigenvalue weighted by Crippen LogP contribution is 2.34. The molecule has 10 heteroatoms. The van der Waals surface area contributed by atoms with Crippen molar-refractivity contribution in [3.8, 4) is 11.3 Å². The Hall–Kier alpha value is -3.89. The Balaban J connectivity index is 1.46. The Kier molecular flexibility index (Phi) is 7.64. The lowest BCUT2D eigenvalue weighted by molar-refractivity contribution is 0.0593. The molecule has 0 atom stereocenters. The van der Waals surface area contributed by atoms with Crippen LogP contribution in [0.15, 0.2) is 66.7 Å². The quantitative estimate of drug-likeness (QED) is 0.205. The number of carbonyl (C=O) groups is 1. The minimum Gasteiger partial charge on any atom is -0.464 e. The van der Waals surface area contributed by atoms with Gasteiger partial charge in [0.15, 0.2) is 21.8 Å². The molecule has 2 heterocycles. The van der Waals surface area contributed by atoms with Crippen LogP contribution >= 0.6 is 23.6 Å². The van der Waals surface area contributed by atoms with Gasteiger partial charge < -0.3 is 20.7 Å². The third-order valence-electron chi connectivity index (χ3n) is 4.95. The lowest BCUT2D eigenvalue weighted by Gasteiger charge is -2.14. The van der Waals surface area contributed by atoms with Crippen LogP contribution in [0, 0.1) is 0 Å². The van der Waals surface area contributed by atoms with Gasteiger partial charge in [0.2, 0.25) is 0 Å². The Labute approximate surface area is 212 Å². The van der Waals surface area contributed by atoms with Crippen molar-refractivity contribution in [1.29, 1.82) is 0 Å². The number of thiazole rings is 1. The van der Waals surface area contributed by atoms with Crippen molar-refractivity contribution in [2.45, 2.75) is 19.8 Å². The lowest BCUT2D eigenvalue weighted by atomic mass is 10.1. The maximum absolute atomic E-state index is 12.1. The van der Waals surface area contributed by atoms with Crippen molar-refractivity contribution in [2.24, 2.45) is 0 Å². The van der Waals surface area contributed by atoms with E-state index in [1.165, 1.54) is 18.4 Å². The van der Waals surface area contributed by atoms with Crippen LogP contribution < -0.4 is 16.0 Å². The van der Waals surface area contributed by atoms with E-state index in [1.54, 1.807) is 0 Å². The van der Waals surface area contributed by atoms with Crippen LogP contribution in [0.1, 0.15) is 35.1 Å². The predicted molar refractivity (Wildman–Crippen MR) is 145 cm³/mol. The van der Waals surface area contributed by atoms with E-state index in [9.17, 15) is 4.79 Å². The van der Waals surface area contributed by atoms with Gasteiger partial charge in [-0.1, -0.05) is 56.3 Å². The number of ether oxygens (including phenoxy) is 1. The molecule has 0 radical (unpaired) electrons. The highest BCUT2D eigenvalue weighted by atomic mass is 32.1. The van der Waals surface area contributed by atoms with Crippen molar-refractivity contribution < 1.29 is 9.53 Å². The first kappa shape index (κ1) is 24.2. The number of para-hydroxylation sites is 2. The smallest absolute Gasteiger partial charge is 0.357 e. The summed E-state index contributed by atoms with van der Waals surface area (Å²) in [6.07, 6.45) is 0. The first-order chi connectivity index (χ1) is 16.9. The zero-order chi connectivity index (χ0) is 24.8. The molecule has 0 bridgehead atoms. The van der Waals surface area contributed by atoms with Crippen LogP contribution in [0.4, 0.5) is 22.3 Å². The molecule has 0 fully saturated rings. The summed E-state index contributed by atoms with van der Waals surface area (Å²) in [5.41, 5.74) is 3.59. The number of benzene rings is 2. The average Bonchev–Trinajstić information content (AvgIpc) is 3.30. The van der Waals surface area contributed by atoms with Gasteiger partial charge in [-0.25, -0.2) is 9.78 Å². The maximum Gasteiger partial charge on any atom is 0.357 e. The van der Waals surface area contributed by atoms with Gasteiger partial charge in [0.25, 0.3) is 0 Å². The molecule has 2 aromatic heterocycles. The van der Waals surface area contributed by atoms with Gasteiger partial charge in [-0.15, -0.1) is 21.5 Å². The largest absolute Gasteiger partial charge is 0.464 e. The summed E-state index contributed by atoms with van der Waals surface area (Å²) in [6, 6.07) is 21.1. The number of thiocarbonyl (C=S) groups is 1. The van der Waals surface area contributed by atoms with Crippen molar-refractivity contribution in [1.82, 2.24) is 15.2 Å². The number of nitrogens with one attached hydrogen (secondary N) is 3. The van der Waals surface area contributed by atoms with Gasteiger partial charge in [-0.2, -0.15) is 0 Å². The molecule has 3 N–H and O–H groups in total. The third-order valence-corrected chi connectivity index (χ3v) is 6.42. The second-order valence-electron chi connectivity index (χ2n) is 7.80. The third kappa shape index (κ3) is 5.97. The molecule has 0 saturated carbocycles. The number of hydrogen-bond donors (Lipinski definition) is 3. The van der Waals surface area contributed by atoms with E-state index in [1.807, 2.05) is 80.6 Å². The molecule has 0 aliphatic heterocycles. The van der Waals surface area contributed by atoms with Crippen LogP contribution in [0.25, 0.3) is 11.3 Å². The molecule has 0 spiro atoms. The number of hydrogen-bond acceptors (Lipinski definition) is 8. The van der Waals surface area contributed by atoms with Crippen LogP contribution in [0.3, 0.4) is 0 Å². The lowest BCUT2D eigenvalue weighted by Crippen LogP contribution is -2.20. The summed E-state index contributed by atoms with van der Waals surface area (Å²) in [4.78, 5) is 17.5. The van der Waals surface area contributed by atoms with Gasteiger partial charge >= 0.3 is 5.97 Å². The molecule has 8 nitrogen and oxygen atoms in total. The van der Waals surface area contributed by atoms with E-state index in [2.05, 4.69) is 31.1 Å². The fourth-order valence-electron chi connectivity index (χ4n) is 3.27. The zero-order valence-electron chi connectivity index (χ0n) is 19.4. The highest BCUT2D eigenvalue weighted by molar-refractivity contribution is 7.80. The summed E-state index contributed by atoms with van der Waals surface area (Å²) < 4.78 is 4.88. The molecule has 35 heavy (non-hydrogen) atoms. The number of carbonyl (C=O) groups excluding carboxylic acids is 1. The van der Waals surface area contributed by atoms with Gasteiger partial charge in [0, 0.05) is 10.4 Å². The summed E-state index contributed by atoms with van der Waals surface area (Å²) in [7, 11) is 1.35. The topological polar surface area (TPSA) is 101 Å². The molecule has 178 valence electrons. The van der Waals surface area contributed by atoms with E-state index >= 15 is 0 Å². The predicted octanol–water partition coefficient (Wildman–Crippen LogP) is 6.06. The first-order valence-electron chi connectivity index (χ1n) is 10.9. The minimum atomic E-state index is -0.450. The SMILES string of the molecule is COC(=O)c1nc(Nc2ccccc2NC(=S)Nc2ccc(-c3ccccc3)nn2)sc1C(C)C. The van der Waals surface area contributed by atoms with Crippen molar-refractivity contribution in [3.05, 3.63) is 77.3 Å². The van der Waals surface area contributed by atoms with E-state index in [0.29, 0.717) is 21.8 Å². The maximum atomic E-state index is 12.1. The molecular weight excluding hydrogens is 480 g/mol. The normalized spacial score (nSPS) is 10.6. The van der Waals surface area contributed by atoms with Crippen molar-refractivity contribution >= 4 is 57.0 Å². The molecular formula is C25H24N6O2S2. The van der Waals surface area contributed by atoms with Crippen LogP contribution in [0.5, 0.6) is 0 Å². The fourth-order valence-corrected chi connectivity index (χ4v) is 4.45. The summed E-state index contributed by atoms with van der Waals surface area (Å²) >= 11 is 6.90. The minimum absolute atomic E-state index is 0.136. The summed E-state index contributed by atoms with van der Waals surface area (Å²) in [5.74, 6) is 0.211. The van der Waals surface area contributed by atoms with Crippen molar-refractivity contribution in [2.75, 3.05) is 23.1 Å². The summed E-state index contributed by atoms with van der Waals surface area (Å²) in [6.45, 7) is 4.03. The number of aromatic nitrogens is 3. The van der Waals surface area contributed by atoms with E-state index in [-0.39, 0.29) is 5.92 Å². The van der Waals surface area contributed by atoms with E-state index < -0.39 is 5.97 Å². The van der Waals surface area contributed by atoms with Gasteiger partial charge in [0.05, 0.1) is 24.2 Å². The van der Waals surface area contributed by atoms with Gasteiger partial charge in [-0.3, -0.25) is 0 Å². The van der Waals surface area contributed by atoms with Gasteiger partial charge in [0.1, 0.15) is 0 Å². The molecule has 0 amide bonds. The fraction of sp³-hybridized carbons (Fsp3) is 0.160. The molecule has 0 aliphatic rings. The van der Waals surface area contributed by atoms with Crippen LogP contribution in [-0.2, 0) is 4.74 Å². The van der Waals surface area contributed by atoms with Crippen LogP contribution in [0.2, 0.25) is 0 Å². The molecule has 4 rings (SSSR count). The van der Waals surface area contributed by atoms with Crippen molar-refractivity contribution in [3.63, 3.8) is 0 Å². The Morgan fingerprint density at radius 2 is 1.66 bits per heavy atom. The number of anilines is 4. The molecule has 0 unspecified atom stereocenters. The standard InChI is InChI=1S/C25H24N6O2S2/c1-15(2)22-21(23(32)33-3)29-25(35-22)27-19-12-8-7-11-18(19)26-24(34)28-20-14-13-17(30-31-20)16-9-5-4-6-10-16/h4-15H,1-3H3,(H,27,29)(H2,26,28,31,34). The number of nitrogens with zero attached hydrogens (tertiary/aromatic N) is 3. The Morgan fingerprint density at radius 1 is 0.943 bits per heavy atom. The molecule has 2 aromatic carbocycles. The zero-order valence-corrected chi connectivity index (χ0v) is 21.0. The number of methoxy groups -OCH3 is 1. The summed E-state index contributed by atoms with van der Waals surface area (Å²) in [5, 5.41) is 19.0. The molecule has 0 aliphatic carbocycles. The van der Waals surface area contributed by atoms with E-state index in [0.717, 1.165) is 27.5 Å². The Bertz CT molecular complexity index is 1320. The molecule has 0 saturated heterocycles. The Morgan fingerprint density at radius 3 is 2.31 bits per heavy atom. The van der Waals surface area contributed by atoms with Gasteiger partial charge in [-0.05, 0) is 42.4 Å².